The number of carbonyl (C=O) groups excluding carboxylic acids is 1. The molecule has 2 aliphatic rings. The summed E-state index contributed by atoms with van der Waals surface area (Å²) in [4.78, 5) is 13.4. The maximum Gasteiger partial charge on any atom is 0.243 e. The number of sulfonamides is 1. The van der Waals surface area contributed by atoms with Crippen molar-refractivity contribution in [3.63, 3.8) is 0 Å². The van der Waals surface area contributed by atoms with E-state index in [1.807, 2.05) is 25.1 Å². The fraction of sp³-hybridized carbons (Fsp3) is 0.458. The van der Waals surface area contributed by atoms with Gasteiger partial charge in [0, 0.05) is 13.1 Å². The molecule has 1 saturated heterocycles. The number of rotatable bonds is 6. The second-order valence-corrected chi connectivity index (χ2v) is 10.1. The van der Waals surface area contributed by atoms with Gasteiger partial charge in [0.15, 0.2) is 0 Å². The van der Waals surface area contributed by atoms with Crippen molar-refractivity contribution in [1.29, 1.82) is 0 Å². The molecular formula is C24H30N2O4S. The van der Waals surface area contributed by atoms with Gasteiger partial charge in [-0.15, -0.1) is 0 Å². The summed E-state index contributed by atoms with van der Waals surface area (Å²) in [5, 5.41) is 2.97. The highest BCUT2D eigenvalue weighted by atomic mass is 32.2. The van der Waals surface area contributed by atoms with Crippen LogP contribution in [0.15, 0.2) is 47.4 Å². The molecule has 0 bridgehead atoms. The Morgan fingerprint density at radius 1 is 1.10 bits per heavy atom. The van der Waals surface area contributed by atoms with E-state index in [1.54, 1.807) is 18.2 Å². The number of hydrogen-bond donors (Lipinski definition) is 1. The van der Waals surface area contributed by atoms with Gasteiger partial charge in [-0.05, 0) is 68.4 Å². The van der Waals surface area contributed by atoms with Gasteiger partial charge in [0.25, 0.3) is 0 Å². The van der Waals surface area contributed by atoms with Crippen molar-refractivity contribution >= 4 is 21.6 Å². The van der Waals surface area contributed by atoms with Crippen LogP contribution in [-0.4, -0.2) is 38.3 Å². The standard InChI is InChI=1S/C24H30N2O4S/c1-2-30-23-14-13-19(31(28,29)26-15-6-3-7-16-26)17-22(23)25-24(27)21-12-8-10-18-9-4-5-11-20(18)21/h4-5,9,11,13-14,17,21H,2-3,6-8,10,12,15-16H2,1H3,(H,25,27). The molecule has 6 nitrogen and oxygen atoms in total. The molecule has 1 heterocycles. The van der Waals surface area contributed by atoms with E-state index >= 15 is 0 Å². The zero-order valence-corrected chi connectivity index (χ0v) is 18.8. The lowest BCUT2D eigenvalue weighted by molar-refractivity contribution is -0.117. The van der Waals surface area contributed by atoms with Crippen molar-refractivity contribution < 1.29 is 17.9 Å². The van der Waals surface area contributed by atoms with Crippen molar-refractivity contribution in [1.82, 2.24) is 4.31 Å². The maximum absolute atomic E-state index is 13.2. The van der Waals surface area contributed by atoms with Gasteiger partial charge in [-0.2, -0.15) is 4.31 Å². The first-order valence-electron chi connectivity index (χ1n) is 11.2. The fourth-order valence-corrected chi connectivity index (χ4v) is 6.09. The second kappa shape index (κ2) is 9.40. The predicted octanol–water partition coefficient (Wildman–Crippen LogP) is 4.32. The smallest absolute Gasteiger partial charge is 0.243 e. The van der Waals surface area contributed by atoms with Crippen molar-refractivity contribution in [3.05, 3.63) is 53.6 Å². The van der Waals surface area contributed by atoms with Crippen LogP contribution in [0.5, 0.6) is 5.75 Å². The molecule has 31 heavy (non-hydrogen) atoms. The molecule has 4 rings (SSSR count). The van der Waals surface area contributed by atoms with Gasteiger partial charge in [0.2, 0.25) is 15.9 Å². The molecule has 0 radical (unpaired) electrons. The largest absolute Gasteiger partial charge is 0.492 e. The number of aryl methyl sites for hydroxylation is 1. The summed E-state index contributed by atoms with van der Waals surface area (Å²) in [6.07, 6.45) is 5.52. The zero-order valence-electron chi connectivity index (χ0n) is 18.0. The topological polar surface area (TPSA) is 75.7 Å². The Balaban J connectivity index is 1.62. The van der Waals surface area contributed by atoms with E-state index in [2.05, 4.69) is 11.4 Å². The molecule has 1 atom stereocenters. The molecule has 1 aliphatic heterocycles. The number of fused-ring (bicyclic) bond motifs is 1. The third-order valence-corrected chi connectivity index (χ3v) is 8.04. The summed E-state index contributed by atoms with van der Waals surface area (Å²) >= 11 is 0. The number of hydrogen-bond acceptors (Lipinski definition) is 4. The average molecular weight is 443 g/mol. The quantitative estimate of drug-likeness (QED) is 0.723. The van der Waals surface area contributed by atoms with Crippen LogP contribution < -0.4 is 10.1 Å². The Morgan fingerprint density at radius 3 is 2.65 bits per heavy atom. The van der Waals surface area contributed by atoms with Gasteiger partial charge in [0.1, 0.15) is 5.75 Å². The monoisotopic (exact) mass is 442 g/mol. The Hall–Kier alpha value is -2.38. The van der Waals surface area contributed by atoms with Crippen LogP contribution in [0.1, 0.15) is 56.1 Å². The van der Waals surface area contributed by atoms with Gasteiger partial charge in [-0.1, -0.05) is 30.7 Å². The third-order valence-electron chi connectivity index (χ3n) is 6.15. The molecule has 1 aliphatic carbocycles. The summed E-state index contributed by atoms with van der Waals surface area (Å²) in [6, 6.07) is 12.8. The number of nitrogens with one attached hydrogen (secondary N) is 1. The lowest BCUT2D eigenvalue weighted by Crippen LogP contribution is -2.35. The molecule has 1 N–H and O–H groups in total. The first-order valence-corrected chi connectivity index (χ1v) is 12.6. The highest BCUT2D eigenvalue weighted by Gasteiger charge is 2.29. The molecule has 0 spiro atoms. The van der Waals surface area contributed by atoms with E-state index in [0.717, 1.165) is 44.1 Å². The minimum Gasteiger partial charge on any atom is -0.492 e. The molecule has 2 aromatic carbocycles. The van der Waals surface area contributed by atoms with Crippen LogP contribution in [0.25, 0.3) is 0 Å². The number of benzene rings is 2. The maximum atomic E-state index is 13.2. The Kier molecular flexibility index (Phi) is 6.62. The number of carbonyl (C=O) groups is 1. The molecule has 7 heteroatoms. The minimum absolute atomic E-state index is 0.124. The molecular weight excluding hydrogens is 412 g/mol. The average Bonchev–Trinajstić information content (AvgIpc) is 2.80. The van der Waals surface area contributed by atoms with E-state index in [4.69, 9.17) is 4.74 Å². The van der Waals surface area contributed by atoms with Gasteiger partial charge in [0.05, 0.1) is 23.1 Å². The Morgan fingerprint density at radius 2 is 1.87 bits per heavy atom. The number of piperidine rings is 1. The SMILES string of the molecule is CCOc1ccc(S(=O)(=O)N2CCCCC2)cc1NC(=O)C1CCCc2ccccc21. The number of ether oxygens (including phenoxy) is 1. The molecule has 0 saturated carbocycles. The van der Waals surface area contributed by atoms with E-state index in [0.29, 0.717) is 31.1 Å². The molecule has 1 amide bonds. The van der Waals surface area contributed by atoms with Crippen LogP contribution in [0.4, 0.5) is 5.69 Å². The highest BCUT2D eigenvalue weighted by molar-refractivity contribution is 7.89. The van der Waals surface area contributed by atoms with Gasteiger partial charge < -0.3 is 10.1 Å². The van der Waals surface area contributed by atoms with Crippen LogP contribution in [-0.2, 0) is 21.2 Å². The van der Waals surface area contributed by atoms with E-state index in [1.165, 1.54) is 9.87 Å². The molecule has 1 fully saturated rings. The first kappa shape index (κ1) is 21.8. The van der Waals surface area contributed by atoms with Crippen molar-refractivity contribution in [2.24, 2.45) is 0 Å². The van der Waals surface area contributed by atoms with Crippen LogP contribution >= 0.6 is 0 Å². The van der Waals surface area contributed by atoms with Gasteiger partial charge in [-0.3, -0.25) is 4.79 Å². The minimum atomic E-state index is -3.60. The van der Waals surface area contributed by atoms with Crippen LogP contribution in [0, 0.1) is 0 Å². The Labute approximate surface area is 184 Å². The normalized spacial score (nSPS) is 19.5. The second-order valence-electron chi connectivity index (χ2n) is 8.19. The predicted molar refractivity (Wildman–Crippen MR) is 121 cm³/mol. The van der Waals surface area contributed by atoms with Gasteiger partial charge >= 0.3 is 0 Å². The number of nitrogens with zero attached hydrogens (tertiary/aromatic N) is 1. The van der Waals surface area contributed by atoms with E-state index in [-0.39, 0.29) is 16.7 Å². The highest BCUT2D eigenvalue weighted by Crippen LogP contribution is 2.35. The van der Waals surface area contributed by atoms with Crippen LogP contribution in [0.3, 0.4) is 0 Å². The van der Waals surface area contributed by atoms with Crippen molar-refractivity contribution in [2.45, 2.75) is 56.3 Å². The lowest BCUT2D eigenvalue weighted by atomic mass is 9.82. The van der Waals surface area contributed by atoms with E-state index in [9.17, 15) is 13.2 Å². The fourth-order valence-electron chi connectivity index (χ4n) is 4.55. The van der Waals surface area contributed by atoms with Crippen molar-refractivity contribution in [3.8, 4) is 5.75 Å². The Bertz CT molecular complexity index is 1050. The summed E-state index contributed by atoms with van der Waals surface area (Å²) in [6.45, 7) is 3.36. The molecule has 0 aromatic heterocycles. The summed E-state index contributed by atoms with van der Waals surface area (Å²) < 4.78 is 33.5. The first-order chi connectivity index (χ1) is 15.0. The summed E-state index contributed by atoms with van der Waals surface area (Å²) in [7, 11) is -3.60. The molecule has 166 valence electrons. The van der Waals surface area contributed by atoms with Crippen molar-refractivity contribution in [2.75, 3.05) is 25.0 Å². The lowest BCUT2D eigenvalue weighted by Gasteiger charge is -2.27. The zero-order chi connectivity index (χ0) is 21.8. The number of anilines is 1. The summed E-state index contributed by atoms with van der Waals surface area (Å²) in [5.74, 6) is 0.111. The van der Waals surface area contributed by atoms with E-state index < -0.39 is 10.0 Å². The van der Waals surface area contributed by atoms with Crippen LogP contribution in [0.2, 0.25) is 0 Å². The molecule has 1 unspecified atom stereocenters. The molecule has 2 aromatic rings. The summed E-state index contributed by atoms with van der Waals surface area (Å²) in [5.41, 5.74) is 2.68. The van der Waals surface area contributed by atoms with Gasteiger partial charge in [-0.25, -0.2) is 8.42 Å². The number of amides is 1. The third kappa shape index (κ3) is 4.62.